The Morgan fingerprint density at radius 2 is 1.92 bits per heavy atom. The molecular formula is C17H23N3O3S. The van der Waals surface area contributed by atoms with Crippen molar-refractivity contribution in [3.63, 3.8) is 0 Å². The highest BCUT2D eigenvalue weighted by Crippen LogP contribution is 2.34. The third-order valence-corrected chi connectivity index (χ3v) is 6.01. The van der Waals surface area contributed by atoms with Crippen LogP contribution in [0.4, 0.5) is 5.13 Å². The van der Waals surface area contributed by atoms with Crippen LogP contribution in [0, 0.1) is 11.8 Å². The van der Waals surface area contributed by atoms with Gasteiger partial charge in [0.2, 0.25) is 11.8 Å². The maximum Gasteiger partial charge on any atom is 0.229 e. The predicted molar refractivity (Wildman–Crippen MR) is 92.2 cm³/mol. The molecule has 0 aromatic carbocycles. The van der Waals surface area contributed by atoms with E-state index in [0.717, 1.165) is 19.3 Å². The van der Waals surface area contributed by atoms with Crippen molar-refractivity contribution in [3.8, 4) is 0 Å². The first-order valence-electron chi connectivity index (χ1n) is 8.66. The number of anilines is 1. The Morgan fingerprint density at radius 3 is 2.50 bits per heavy atom. The number of hydrogen-bond donors (Lipinski definition) is 1. The molecule has 1 heterocycles. The quantitative estimate of drug-likeness (QED) is 0.886. The first-order chi connectivity index (χ1) is 11.5. The summed E-state index contributed by atoms with van der Waals surface area (Å²) in [7, 11) is 0. The summed E-state index contributed by atoms with van der Waals surface area (Å²) in [5.41, 5.74) is 0.658. The number of hydrogen-bond acceptors (Lipinski definition) is 5. The summed E-state index contributed by atoms with van der Waals surface area (Å²) in [6.07, 6.45) is 3.67. The Kier molecular flexibility index (Phi) is 4.99. The average molecular weight is 349 g/mol. The minimum Gasteiger partial charge on any atom is -0.343 e. The van der Waals surface area contributed by atoms with Crippen molar-refractivity contribution >= 4 is 34.1 Å². The molecule has 2 aliphatic carbocycles. The SMILES string of the molecule is CCN(CC)C(=O)[C@H]1CC(=O)c2sc(NC(=O)C3CCC3)nc2C1. The Bertz CT molecular complexity index is 662. The Balaban J connectivity index is 1.72. The number of nitrogens with zero attached hydrogens (tertiary/aromatic N) is 2. The van der Waals surface area contributed by atoms with Crippen molar-refractivity contribution in [2.75, 3.05) is 18.4 Å². The second-order valence-electron chi connectivity index (χ2n) is 6.45. The van der Waals surface area contributed by atoms with Crippen molar-refractivity contribution in [3.05, 3.63) is 10.6 Å². The van der Waals surface area contributed by atoms with E-state index in [2.05, 4.69) is 10.3 Å². The van der Waals surface area contributed by atoms with E-state index in [1.54, 1.807) is 4.90 Å². The summed E-state index contributed by atoms with van der Waals surface area (Å²) >= 11 is 1.24. The molecule has 1 atom stereocenters. The number of rotatable bonds is 5. The second-order valence-corrected chi connectivity index (χ2v) is 7.45. The van der Waals surface area contributed by atoms with Gasteiger partial charge in [-0.2, -0.15) is 0 Å². The van der Waals surface area contributed by atoms with Gasteiger partial charge in [0.1, 0.15) is 0 Å². The summed E-state index contributed by atoms with van der Waals surface area (Å²) in [5.74, 6) is -0.271. The largest absolute Gasteiger partial charge is 0.343 e. The van der Waals surface area contributed by atoms with Gasteiger partial charge in [-0.15, -0.1) is 0 Å². The number of nitrogens with one attached hydrogen (secondary N) is 1. The molecule has 2 aliphatic rings. The van der Waals surface area contributed by atoms with E-state index in [1.807, 2.05) is 13.8 Å². The van der Waals surface area contributed by atoms with E-state index < -0.39 is 0 Å². The number of Topliss-reactive ketones (excluding diaryl/α,β-unsaturated/α-hetero) is 1. The molecule has 0 radical (unpaired) electrons. The predicted octanol–water partition coefficient (Wildman–Crippen LogP) is 2.50. The molecule has 0 aliphatic heterocycles. The van der Waals surface area contributed by atoms with Gasteiger partial charge in [0.05, 0.1) is 16.5 Å². The van der Waals surface area contributed by atoms with E-state index in [1.165, 1.54) is 11.3 Å². The fraction of sp³-hybridized carbons (Fsp3) is 0.647. The van der Waals surface area contributed by atoms with E-state index in [-0.39, 0.29) is 35.9 Å². The Morgan fingerprint density at radius 1 is 1.21 bits per heavy atom. The molecule has 1 aromatic rings. The van der Waals surface area contributed by atoms with Crippen molar-refractivity contribution in [2.45, 2.75) is 46.0 Å². The van der Waals surface area contributed by atoms with Crippen LogP contribution in [-0.4, -0.2) is 40.6 Å². The van der Waals surface area contributed by atoms with Gasteiger partial charge in [-0.05, 0) is 26.7 Å². The van der Waals surface area contributed by atoms with E-state index in [9.17, 15) is 14.4 Å². The standard InChI is InChI=1S/C17H23N3O3S/c1-3-20(4-2)16(23)11-8-12-14(13(21)9-11)24-17(18-12)19-15(22)10-6-5-7-10/h10-11H,3-9H2,1-2H3,(H,18,19,22)/t11-/m1/s1. The first-order valence-corrected chi connectivity index (χ1v) is 9.47. The number of thiazole rings is 1. The van der Waals surface area contributed by atoms with Crippen molar-refractivity contribution < 1.29 is 14.4 Å². The summed E-state index contributed by atoms with van der Waals surface area (Å²) in [5, 5.41) is 3.32. The topological polar surface area (TPSA) is 79.4 Å². The van der Waals surface area contributed by atoms with Gasteiger partial charge in [0.25, 0.3) is 0 Å². The maximum absolute atomic E-state index is 12.5. The molecular weight excluding hydrogens is 326 g/mol. The van der Waals surface area contributed by atoms with Crippen LogP contribution >= 0.6 is 11.3 Å². The van der Waals surface area contributed by atoms with Gasteiger partial charge in [-0.1, -0.05) is 17.8 Å². The molecule has 2 amide bonds. The van der Waals surface area contributed by atoms with E-state index in [0.29, 0.717) is 35.2 Å². The smallest absolute Gasteiger partial charge is 0.229 e. The van der Waals surface area contributed by atoms with Gasteiger partial charge in [0, 0.05) is 31.8 Å². The summed E-state index contributed by atoms with van der Waals surface area (Å²) < 4.78 is 0. The minimum absolute atomic E-state index is 0.00411. The molecule has 7 heteroatoms. The molecule has 24 heavy (non-hydrogen) atoms. The van der Waals surface area contributed by atoms with Crippen molar-refractivity contribution in [1.82, 2.24) is 9.88 Å². The highest BCUT2D eigenvalue weighted by molar-refractivity contribution is 7.17. The highest BCUT2D eigenvalue weighted by atomic mass is 32.1. The normalized spacial score (nSPS) is 20.2. The van der Waals surface area contributed by atoms with E-state index >= 15 is 0 Å². The first kappa shape index (κ1) is 17.1. The fourth-order valence-electron chi connectivity index (χ4n) is 3.23. The molecule has 130 valence electrons. The Hall–Kier alpha value is -1.76. The van der Waals surface area contributed by atoms with Crippen LogP contribution in [0.2, 0.25) is 0 Å². The number of amides is 2. The van der Waals surface area contributed by atoms with Gasteiger partial charge in [0.15, 0.2) is 10.9 Å². The van der Waals surface area contributed by atoms with Crippen molar-refractivity contribution in [1.29, 1.82) is 0 Å². The maximum atomic E-state index is 12.5. The lowest BCUT2D eigenvalue weighted by atomic mass is 9.85. The Labute approximate surface area is 145 Å². The van der Waals surface area contributed by atoms with Gasteiger partial charge < -0.3 is 10.2 Å². The van der Waals surface area contributed by atoms with Crippen LogP contribution < -0.4 is 5.32 Å². The molecule has 0 bridgehead atoms. The van der Waals surface area contributed by atoms with Crippen LogP contribution in [0.5, 0.6) is 0 Å². The molecule has 1 aromatic heterocycles. The lowest BCUT2D eigenvalue weighted by Crippen LogP contribution is -2.39. The van der Waals surface area contributed by atoms with E-state index in [4.69, 9.17) is 0 Å². The zero-order chi connectivity index (χ0) is 17.3. The minimum atomic E-state index is -0.331. The lowest BCUT2D eigenvalue weighted by Gasteiger charge is -2.26. The zero-order valence-corrected chi connectivity index (χ0v) is 14.9. The van der Waals surface area contributed by atoms with Gasteiger partial charge in [-0.3, -0.25) is 14.4 Å². The molecule has 3 rings (SSSR count). The zero-order valence-electron chi connectivity index (χ0n) is 14.1. The second kappa shape index (κ2) is 7.01. The van der Waals surface area contributed by atoms with Crippen LogP contribution in [0.25, 0.3) is 0 Å². The third-order valence-electron chi connectivity index (χ3n) is 4.95. The molecule has 0 unspecified atom stereocenters. The fourth-order valence-corrected chi connectivity index (χ4v) is 4.17. The lowest BCUT2D eigenvalue weighted by molar-refractivity contribution is -0.135. The van der Waals surface area contributed by atoms with Crippen LogP contribution in [0.3, 0.4) is 0 Å². The van der Waals surface area contributed by atoms with Crippen LogP contribution in [0.15, 0.2) is 0 Å². The summed E-state index contributed by atoms with van der Waals surface area (Å²) in [6, 6.07) is 0. The van der Waals surface area contributed by atoms with Gasteiger partial charge in [-0.25, -0.2) is 4.98 Å². The molecule has 1 saturated carbocycles. The molecule has 6 nitrogen and oxygen atoms in total. The number of ketones is 1. The summed E-state index contributed by atoms with van der Waals surface area (Å²) in [4.78, 5) is 43.7. The van der Waals surface area contributed by atoms with Crippen LogP contribution in [0.1, 0.15) is 54.9 Å². The van der Waals surface area contributed by atoms with Gasteiger partial charge >= 0.3 is 0 Å². The summed E-state index contributed by atoms with van der Waals surface area (Å²) in [6.45, 7) is 5.17. The molecule has 1 fully saturated rings. The third kappa shape index (κ3) is 3.22. The number of aromatic nitrogens is 1. The number of carbonyl (C=O) groups is 3. The molecule has 0 spiro atoms. The molecule has 1 N–H and O–H groups in total. The number of fused-ring (bicyclic) bond motifs is 1. The average Bonchev–Trinajstić information content (AvgIpc) is 2.89. The number of carbonyl (C=O) groups excluding carboxylic acids is 3. The highest BCUT2D eigenvalue weighted by Gasteiger charge is 2.35. The van der Waals surface area contributed by atoms with Crippen LogP contribution in [-0.2, 0) is 16.0 Å². The monoisotopic (exact) mass is 349 g/mol. The van der Waals surface area contributed by atoms with Crippen molar-refractivity contribution in [2.24, 2.45) is 11.8 Å². The molecule has 0 saturated heterocycles.